The van der Waals surface area contributed by atoms with Gasteiger partial charge in [0.05, 0.1) is 0 Å². The van der Waals surface area contributed by atoms with Crippen LogP contribution in [0.5, 0.6) is 0 Å². The Morgan fingerprint density at radius 3 is 1.38 bits per heavy atom. The normalized spacial score (nSPS) is 13.2. The van der Waals surface area contributed by atoms with Crippen LogP contribution < -0.4 is 0 Å². The molecule has 0 atom stereocenters. The van der Waals surface area contributed by atoms with E-state index >= 15 is 0 Å². The van der Waals surface area contributed by atoms with Gasteiger partial charge in [0.15, 0.2) is 0 Å². The summed E-state index contributed by atoms with van der Waals surface area (Å²) in [7, 11) is 0. The van der Waals surface area contributed by atoms with Gasteiger partial charge in [-0.2, -0.15) is 0 Å². The van der Waals surface area contributed by atoms with E-state index in [9.17, 15) is 0 Å². The average molecular weight is 395 g/mol. The summed E-state index contributed by atoms with van der Waals surface area (Å²) in [6, 6.07) is 17.2. The van der Waals surface area contributed by atoms with Crippen molar-refractivity contribution in [2.24, 2.45) is 10.8 Å². The van der Waals surface area contributed by atoms with E-state index in [-0.39, 0.29) is 7.43 Å². The standard InChI is InChI=1S/C9H10.C9H8.2C5H12.CH4/c2*1-2-5-9-7-3-6-8(9)4-1;2*1-5(2,3)4;/h1-2,4-5H,3,6-7H2;1-6H,7H2;2*1-4H3;1H4. The zero-order chi connectivity index (χ0) is 21.2. The molecule has 0 saturated heterocycles. The third-order valence-corrected chi connectivity index (χ3v) is 3.70. The van der Waals surface area contributed by atoms with Gasteiger partial charge in [0, 0.05) is 0 Å². The van der Waals surface area contributed by atoms with E-state index in [2.05, 4.69) is 116 Å². The second-order valence-electron chi connectivity index (χ2n) is 10.9. The molecular formula is C29H46. The van der Waals surface area contributed by atoms with E-state index in [0.29, 0.717) is 10.8 Å². The molecule has 4 rings (SSSR count). The smallest absolute Gasteiger partial charge is 0.00882 e. The Balaban J connectivity index is 0.000000373. The fraction of sp³-hybridized carbons (Fsp3) is 0.517. The van der Waals surface area contributed by atoms with Crippen molar-refractivity contribution in [1.29, 1.82) is 0 Å². The fourth-order valence-electron chi connectivity index (χ4n) is 2.71. The topological polar surface area (TPSA) is 0 Å². The molecule has 0 fully saturated rings. The molecule has 2 aliphatic rings. The highest BCUT2D eigenvalue weighted by molar-refractivity contribution is 5.59. The minimum Gasteiger partial charge on any atom is -0.0795 e. The van der Waals surface area contributed by atoms with Crippen LogP contribution in [0.1, 0.15) is 91.5 Å². The Morgan fingerprint density at radius 2 is 0.966 bits per heavy atom. The first kappa shape index (κ1) is 27.2. The number of hydrogen-bond acceptors (Lipinski definition) is 0. The highest BCUT2D eigenvalue weighted by Crippen LogP contribution is 2.20. The Hall–Kier alpha value is -1.82. The molecule has 0 heterocycles. The lowest BCUT2D eigenvalue weighted by atomic mass is 10.0. The predicted molar refractivity (Wildman–Crippen MR) is 135 cm³/mol. The minimum absolute atomic E-state index is 0. The van der Waals surface area contributed by atoms with Gasteiger partial charge in [-0.15, -0.1) is 0 Å². The van der Waals surface area contributed by atoms with Crippen molar-refractivity contribution in [2.45, 2.75) is 88.5 Å². The monoisotopic (exact) mass is 394 g/mol. The zero-order valence-electron chi connectivity index (χ0n) is 19.6. The third-order valence-electron chi connectivity index (χ3n) is 3.70. The van der Waals surface area contributed by atoms with E-state index in [0.717, 1.165) is 6.42 Å². The molecule has 0 saturated carbocycles. The summed E-state index contributed by atoms with van der Waals surface area (Å²) < 4.78 is 0. The molecule has 0 amide bonds. The van der Waals surface area contributed by atoms with Crippen molar-refractivity contribution < 1.29 is 0 Å². The zero-order valence-corrected chi connectivity index (χ0v) is 19.6. The first-order chi connectivity index (χ1) is 12.9. The number of hydrogen-bond donors (Lipinski definition) is 0. The summed E-state index contributed by atoms with van der Waals surface area (Å²) in [5.41, 5.74) is 6.98. The second-order valence-corrected chi connectivity index (χ2v) is 10.9. The van der Waals surface area contributed by atoms with Crippen molar-refractivity contribution in [3.8, 4) is 0 Å². The van der Waals surface area contributed by atoms with Gasteiger partial charge in [-0.05, 0) is 58.8 Å². The van der Waals surface area contributed by atoms with Crippen molar-refractivity contribution >= 4 is 6.08 Å². The maximum atomic E-state index is 2.24. The SMILES string of the molecule is C.C1=Cc2ccccc2C1.CC(C)(C)C.CC(C)(C)C.c1ccc2c(c1)CCC2. The van der Waals surface area contributed by atoms with Crippen LogP contribution in [0.25, 0.3) is 6.08 Å². The molecule has 162 valence electrons. The lowest BCUT2D eigenvalue weighted by Crippen LogP contribution is -1.93. The lowest BCUT2D eigenvalue weighted by molar-refractivity contribution is 0.469. The quantitative estimate of drug-likeness (QED) is 0.418. The van der Waals surface area contributed by atoms with Crippen LogP contribution in [0.2, 0.25) is 0 Å². The van der Waals surface area contributed by atoms with E-state index in [1.807, 2.05) is 0 Å². The molecule has 0 unspecified atom stereocenters. The van der Waals surface area contributed by atoms with Gasteiger partial charge in [-0.25, -0.2) is 0 Å². The summed E-state index contributed by atoms with van der Waals surface area (Å²) in [5.74, 6) is 0. The van der Waals surface area contributed by atoms with Crippen molar-refractivity contribution in [3.05, 3.63) is 76.9 Å². The number of aryl methyl sites for hydroxylation is 2. The van der Waals surface area contributed by atoms with Gasteiger partial charge in [0.25, 0.3) is 0 Å². The fourth-order valence-corrected chi connectivity index (χ4v) is 2.71. The summed E-state index contributed by atoms with van der Waals surface area (Å²) in [6.07, 6.45) is 9.46. The molecule has 0 spiro atoms. The largest absolute Gasteiger partial charge is 0.0795 e. The number of allylic oxidation sites excluding steroid dienone is 1. The highest BCUT2D eigenvalue weighted by Gasteiger charge is 2.07. The molecule has 0 nitrogen and oxygen atoms in total. The Kier molecular flexibility index (Phi) is 11.9. The van der Waals surface area contributed by atoms with Crippen LogP contribution in [-0.2, 0) is 19.3 Å². The molecule has 0 bridgehead atoms. The highest BCUT2D eigenvalue weighted by atomic mass is 14.1. The van der Waals surface area contributed by atoms with Crippen molar-refractivity contribution in [3.63, 3.8) is 0 Å². The van der Waals surface area contributed by atoms with Crippen LogP contribution in [0.15, 0.2) is 54.6 Å². The molecule has 2 aromatic carbocycles. The van der Waals surface area contributed by atoms with Crippen molar-refractivity contribution in [1.82, 2.24) is 0 Å². The van der Waals surface area contributed by atoms with E-state index in [1.54, 1.807) is 11.1 Å². The first-order valence-electron chi connectivity index (χ1n) is 10.7. The summed E-state index contributed by atoms with van der Waals surface area (Å²) in [5, 5.41) is 0. The van der Waals surface area contributed by atoms with Gasteiger partial charge < -0.3 is 0 Å². The Morgan fingerprint density at radius 1 is 0.586 bits per heavy atom. The van der Waals surface area contributed by atoms with Crippen LogP contribution in [-0.4, -0.2) is 0 Å². The van der Waals surface area contributed by atoms with Crippen molar-refractivity contribution in [2.75, 3.05) is 0 Å². The average Bonchev–Trinajstić information content (AvgIpc) is 3.21. The molecule has 2 aromatic rings. The number of rotatable bonds is 0. The van der Waals surface area contributed by atoms with Gasteiger partial charge >= 0.3 is 0 Å². The van der Waals surface area contributed by atoms with Crippen LogP contribution in [0.4, 0.5) is 0 Å². The number of benzene rings is 2. The third kappa shape index (κ3) is 14.8. The predicted octanol–water partition coefficient (Wildman–Crippen LogP) is 9.17. The molecular weight excluding hydrogens is 348 g/mol. The van der Waals surface area contributed by atoms with Gasteiger partial charge in [0.2, 0.25) is 0 Å². The Labute approximate surface area is 182 Å². The molecule has 0 aliphatic heterocycles. The lowest BCUT2D eigenvalue weighted by Gasteiger charge is -2.05. The van der Waals surface area contributed by atoms with Gasteiger partial charge in [-0.3, -0.25) is 0 Å². The van der Waals surface area contributed by atoms with Crippen LogP contribution in [0.3, 0.4) is 0 Å². The number of fused-ring (bicyclic) bond motifs is 2. The molecule has 0 heteroatoms. The van der Waals surface area contributed by atoms with Crippen LogP contribution in [0, 0.1) is 10.8 Å². The summed E-state index contributed by atoms with van der Waals surface area (Å²) in [6.45, 7) is 17.5. The molecule has 0 N–H and O–H groups in total. The Bertz CT molecular complexity index is 665. The maximum Gasteiger partial charge on any atom is -0.00882 e. The van der Waals surface area contributed by atoms with Gasteiger partial charge in [-0.1, -0.05) is 123 Å². The summed E-state index contributed by atoms with van der Waals surface area (Å²) in [4.78, 5) is 0. The van der Waals surface area contributed by atoms with E-state index in [1.165, 1.54) is 30.4 Å². The second kappa shape index (κ2) is 12.7. The molecule has 2 aliphatic carbocycles. The molecule has 0 aromatic heterocycles. The first-order valence-corrected chi connectivity index (χ1v) is 10.7. The minimum atomic E-state index is 0. The van der Waals surface area contributed by atoms with Crippen LogP contribution >= 0.6 is 0 Å². The van der Waals surface area contributed by atoms with E-state index < -0.39 is 0 Å². The molecule has 29 heavy (non-hydrogen) atoms. The maximum absolute atomic E-state index is 2.24. The summed E-state index contributed by atoms with van der Waals surface area (Å²) >= 11 is 0. The van der Waals surface area contributed by atoms with Gasteiger partial charge in [0.1, 0.15) is 0 Å². The van der Waals surface area contributed by atoms with E-state index in [4.69, 9.17) is 0 Å². The molecule has 0 radical (unpaired) electrons.